The van der Waals surface area contributed by atoms with Gasteiger partial charge in [0.15, 0.2) is 0 Å². The number of carbonyl (C=O) groups excluding carboxylic acids is 1. The molecular weight excluding hydrogens is 382 g/mol. The van der Waals surface area contributed by atoms with Crippen LogP contribution in [0.5, 0.6) is 0 Å². The summed E-state index contributed by atoms with van der Waals surface area (Å²) in [6.45, 7) is 6.13. The highest BCUT2D eigenvalue weighted by molar-refractivity contribution is 7.84. The average molecular weight is 406 g/mol. The number of amides is 1. The summed E-state index contributed by atoms with van der Waals surface area (Å²) in [6, 6.07) is 5.99. The van der Waals surface area contributed by atoms with E-state index < -0.39 is 11.0 Å². The largest absolute Gasteiger partial charge is 0.315 e. The van der Waals surface area contributed by atoms with E-state index in [1.807, 2.05) is 32.9 Å². The van der Waals surface area contributed by atoms with Gasteiger partial charge < -0.3 is 4.90 Å². The lowest BCUT2D eigenvalue weighted by Gasteiger charge is -2.26. The van der Waals surface area contributed by atoms with Gasteiger partial charge in [-0.3, -0.25) is 9.78 Å². The predicted molar refractivity (Wildman–Crippen MR) is 111 cm³/mol. The van der Waals surface area contributed by atoms with E-state index in [0.29, 0.717) is 18.0 Å². The van der Waals surface area contributed by atoms with Crippen LogP contribution in [-0.2, 0) is 28.7 Å². The zero-order valence-corrected chi connectivity index (χ0v) is 17.6. The summed E-state index contributed by atoms with van der Waals surface area (Å²) in [4.78, 5) is 17.9. The summed E-state index contributed by atoms with van der Waals surface area (Å²) in [5.41, 5.74) is 4.67. The molecule has 0 aliphatic carbocycles. The molecule has 2 heterocycles. The topological polar surface area (TPSA) is 62.3 Å². The lowest BCUT2D eigenvalue weighted by atomic mass is 9.96. The van der Waals surface area contributed by atoms with Gasteiger partial charge in [0, 0.05) is 49.2 Å². The molecule has 1 atom stereocenters. The minimum Gasteiger partial charge on any atom is -0.315 e. The van der Waals surface area contributed by atoms with Crippen molar-refractivity contribution in [3.63, 3.8) is 0 Å². The average Bonchev–Trinajstić information content (AvgIpc) is 2.62. The molecule has 0 saturated carbocycles. The van der Waals surface area contributed by atoms with Crippen LogP contribution in [0.2, 0.25) is 5.02 Å². The molecule has 1 amide bonds. The zero-order chi connectivity index (χ0) is 19.8. The Hall–Kier alpha value is -1.76. The van der Waals surface area contributed by atoms with Crippen LogP contribution in [0, 0.1) is 0 Å². The van der Waals surface area contributed by atoms with E-state index in [4.69, 9.17) is 11.6 Å². The quantitative estimate of drug-likeness (QED) is 0.839. The minimum absolute atomic E-state index is 0.134. The number of carbonyl (C=O) groups is 1. The standard InChI is InChI=1S/C20H24ClN3O2S/c1-20(2,3)27(26)23-11-15-10-22-12-16(19(15)21)13-5-7-17-14(9-13)6-8-18(25)24(17)4/h5,7,9-10,12,23H,6,8,11H2,1-4H3/t27-/m1/s1. The summed E-state index contributed by atoms with van der Waals surface area (Å²) >= 11 is 6.63. The van der Waals surface area contributed by atoms with Crippen LogP contribution in [0.1, 0.15) is 38.3 Å². The number of pyridine rings is 1. The minimum atomic E-state index is -1.18. The van der Waals surface area contributed by atoms with E-state index in [9.17, 15) is 9.00 Å². The Kier molecular flexibility index (Phi) is 5.70. The first kappa shape index (κ1) is 20.0. The van der Waals surface area contributed by atoms with Crippen molar-refractivity contribution in [1.29, 1.82) is 0 Å². The first-order valence-electron chi connectivity index (χ1n) is 8.86. The molecule has 7 heteroatoms. The van der Waals surface area contributed by atoms with E-state index in [-0.39, 0.29) is 10.7 Å². The van der Waals surface area contributed by atoms with Gasteiger partial charge in [0.1, 0.15) is 0 Å². The summed E-state index contributed by atoms with van der Waals surface area (Å²) in [5.74, 6) is 0.134. The summed E-state index contributed by atoms with van der Waals surface area (Å²) in [7, 11) is 0.621. The Balaban J connectivity index is 1.88. The molecule has 1 aliphatic rings. The number of hydrogen-bond acceptors (Lipinski definition) is 3. The van der Waals surface area contributed by atoms with E-state index in [1.165, 1.54) is 0 Å². The molecule has 0 radical (unpaired) electrons. The third-order valence-electron chi connectivity index (χ3n) is 4.64. The Bertz CT molecular complexity index is 909. The molecule has 5 nitrogen and oxygen atoms in total. The number of hydrogen-bond donors (Lipinski definition) is 1. The van der Waals surface area contributed by atoms with Gasteiger partial charge in [-0.1, -0.05) is 17.7 Å². The van der Waals surface area contributed by atoms with Crippen LogP contribution in [0.25, 0.3) is 11.1 Å². The molecule has 0 spiro atoms. The predicted octanol–water partition coefficient (Wildman–Crippen LogP) is 3.86. The monoisotopic (exact) mass is 405 g/mol. The van der Waals surface area contributed by atoms with E-state index in [2.05, 4.69) is 15.8 Å². The fourth-order valence-electron chi connectivity index (χ4n) is 3.00. The van der Waals surface area contributed by atoms with Crippen molar-refractivity contribution >= 4 is 34.2 Å². The lowest BCUT2D eigenvalue weighted by molar-refractivity contribution is -0.118. The van der Waals surface area contributed by atoms with Gasteiger partial charge in [0.05, 0.1) is 20.8 Å². The lowest BCUT2D eigenvalue weighted by Crippen LogP contribution is -2.33. The highest BCUT2D eigenvalue weighted by Crippen LogP contribution is 2.35. The van der Waals surface area contributed by atoms with Crippen molar-refractivity contribution in [2.45, 2.75) is 44.9 Å². The van der Waals surface area contributed by atoms with Crippen molar-refractivity contribution in [2.75, 3.05) is 11.9 Å². The first-order chi connectivity index (χ1) is 12.7. The van der Waals surface area contributed by atoms with Crippen molar-refractivity contribution in [3.05, 3.63) is 46.7 Å². The van der Waals surface area contributed by atoms with Gasteiger partial charge in [-0.2, -0.15) is 0 Å². The number of halogens is 1. The molecule has 1 aromatic carbocycles. The fraction of sp³-hybridized carbons (Fsp3) is 0.400. The molecule has 3 rings (SSSR count). The van der Waals surface area contributed by atoms with Gasteiger partial charge in [-0.15, -0.1) is 0 Å². The summed E-state index contributed by atoms with van der Waals surface area (Å²) < 4.78 is 14.9. The molecule has 0 fully saturated rings. The molecule has 0 unspecified atom stereocenters. The summed E-state index contributed by atoms with van der Waals surface area (Å²) in [6.07, 6.45) is 4.68. The van der Waals surface area contributed by atoms with Crippen LogP contribution in [-0.4, -0.2) is 26.9 Å². The fourth-order valence-corrected chi connectivity index (χ4v) is 3.99. The van der Waals surface area contributed by atoms with Gasteiger partial charge in [0.2, 0.25) is 5.91 Å². The number of aromatic nitrogens is 1. The second-order valence-corrected chi connectivity index (χ2v) is 10.1. The van der Waals surface area contributed by atoms with E-state index >= 15 is 0 Å². The van der Waals surface area contributed by atoms with Gasteiger partial charge in [-0.05, 0) is 50.5 Å². The second kappa shape index (κ2) is 7.70. The second-order valence-electron chi connectivity index (χ2n) is 7.66. The molecule has 0 saturated heterocycles. The van der Waals surface area contributed by atoms with E-state index in [1.54, 1.807) is 24.3 Å². The number of aryl methyl sites for hydroxylation is 1. The number of benzene rings is 1. The van der Waals surface area contributed by atoms with Crippen molar-refractivity contribution in [3.8, 4) is 11.1 Å². The molecule has 27 heavy (non-hydrogen) atoms. The van der Waals surface area contributed by atoms with Gasteiger partial charge >= 0.3 is 0 Å². The number of nitrogens with zero attached hydrogens (tertiary/aromatic N) is 2. The number of rotatable bonds is 4. The van der Waals surface area contributed by atoms with Gasteiger partial charge in [0.25, 0.3) is 0 Å². The third-order valence-corrected chi connectivity index (χ3v) is 6.60. The van der Waals surface area contributed by atoms with Crippen LogP contribution >= 0.6 is 11.6 Å². The third kappa shape index (κ3) is 4.23. The van der Waals surface area contributed by atoms with Crippen LogP contribution in [0.15, 0.2) is 30.6 Å². The molecule has 0 bridgehead atoms. The molecule has 1 N–H and O–H groups in total. The normalized spacial score (nSPS) is 15.6. The maximum Gasteiger partial charge on any atom is 0.227 e. The molecule has 1 aromatic heterocycles. The van der Waals surface area contributed by atoms with Crippen molar-refractivity contribution < 1.29 is 9.00 Å². The van der Waals surface area contributed by atoms with Crippen molar-refractivity contribution in [2.24, 2.45) is 0 Å². The zero-order valence-electron chi connectivity index (χ0n) is 16.0. The first-order valence-corrected chi connectivity index (χ1v) is 10.4. The smallest absolute Gasteiger partial charge is 0.227 e. The maximum atomic E-state index is 12.2. The Labute approximate surface area is 167 Å². The van der Waals surface area contributed by atoms with Crippen LogP contribution in [0.3, 0.4) is 0 Å². The molecule has 144 valence electrons. The molecule has 2 aromatic rings. The van der Waals surface area contributed by atoms with E-state index in [0.717, 1.165) is 34.4 Å². The van der Waals surface area contributed by atoms with Crippen LogP contribution in [0.4, 0.5) is 5.69 Å². The Morgan fingerprint density at radius 3 is 2.70 bits per heavy atom. The number of anilines is 1. The number of nitrogens with one attached hydrogen (secondary N) is 1. The maximum absolute atomic E-state index is 12.2. The van der Waals surface area contributed by atoms with Crippen molar-refractivity contribution in [1.82, 2.24) is 9.71 Å². The number of fused-ring (bicyclic) bond motifs is 1. The molecule has 1 aliphatic heterocycles. The van der Waals surface area contributed by atoms with Gasteiger partial charge in [-0.25, -0.2) is 8.93 Å². The summed E-state index contributed by atoms with van der Waals surface area (Å²) in [5, 5.41) is 0.601. The SMILES string of the molecule is CN1C(=O)CCc2cc(-c3cncc(CN[S@](=O)C(C)(C)C)c3Cl)ccc21. The highest BCUT2D eigenvalue weighted by atomic mass is 35.5. The molecular formula is C20H24ClN3O2S. The van der Waals surface area contributed by atoms with Crippen LogP contribution < -0.4 is 9.62 Å². The highest BCUT2D eigenvalue weighted by Gasteiger charge is 2.22. The Morgan fingerprint density at radius 1 is 1.26 bits per heavy atom. The Morgan fingerprint density at radius 2 is 2.00 bits per heavy atom.